The molecule has 0 aromatic heterocycles. The quantitative estimate of drug-likeness (QED) is 0.680. The second-order valence-corrected chi connectivity index (χ2v) is 5.84. The minimum absolute atomic E-state index is 0.163. The van der Waals surface area contributed by atoms with E-state index in [0.717, 1.165) is 5.56 Å². The van der Waals surface area contributed by atoms with Gasteiger partial charge in [0.25, 0.3) is 0 Å². The van der Waals surface area contributed by atoms with Crippen LogP contribution in [0, 0.1) is 0 Å². The molecule has 0 aliphatic carbocycles. The molecule has 2 rings (SSSR count). The van der Waals surface area contributed by atoms with Gasteiger partial charge in [-0.2, -0.15) is 0 Å². The van der Waals surface area contributed by atoms with Gasteiger partial charge in [0.15, 0.2) is 5.78 Å². The zero-order valence-corrected chi connectivity index (χ0v) is 12.4. The first kappa shape index (κ1) is 13.8. The Morgan fingerprint density at radius 3 is 2.05 bits per heavy atom. The largest absolute Gasteiger partial charge is 0.295 e. The third kappa shape index (κ3) is 2.42. The molecule has 100 valence electrons. The molecule has 0 fully saturated rings. The van der Waals surface area contributed by atoms with Crippen molar-refractivity contribution in [2.75, 3.05) is 0 Å². The topological polar surface area (TPSA) is 17.1 Å². The summed E-state index contributed by atoms with van der Waals surface area (Å²) >= 11 is 0. The van der Waals surface area contributed by atoms with Gasteiger partial charge in [0, 0.05) is 5.56 Å². The van der Waals surface area contributed by atoms with Crippen molar-refractivity contribution in [1.82, 2.24) is 0 Å². The first-order chi connectivity index (χ1) is 8.93. The molecule has 0 bridgehead atoms. The molecule has 0 unspecified atom stereocenters. The average Bonchev–Trinajstić information content (AvgIpc) is 2.35. The number of hydrogen-bond acceptors (Lipinski definition) is 1. The van der Waals surface area contributed by atoms with Crippen LogP contribution >= 0.6 is 0 Å². The van der Waals surface area contributed by atoms with E-state index in [4.69, 9.17) is 0 Å². The summed E-state index contributed by atoms with van der Waals surface area (Å²) in [6.45, 7) is 10.4. The van der Waals surface area contributed by atoms with Crippen molar-refractivity contribution < 1.29 is 4.79 Å². The summed E-state index contributed by atoms with van der Waals surface area (Å²) in [5.41, 5.74) is 3.44. The summed E-state index contributed by atoms with van der Waals surface area (Å²) in [4.78, 5) is 12.0. The minimum Gasteiger partial charge on any atom is -0.295 e. The van der Waals surface area contributed by atoms with Crippen molar-refractivity contribution in [1.29, 1.82) is 0 Å². The van der Waals surface area contributed by atoms with Gasteiger partial charge in [0.2, 0.25) is 0 Å². The van der Waals surface area contributed by atoms with Gasteiger partial charge in [-0.25, -0.2) is 0 Å². The number of rotatable bonds is 3. The zero-order chi connectivity index (χ0) is 14.2. The third-order valence-corrected chi connectivity index (χ3v) is 3.67. The van der Waals surface area contributed by atoms with Crippen molar-refractivity contribution in [3.05, 3.63) is 47.0 Å². The standard InChI is InChI=1S/C18H22O/c1-11(2)17-15-9-7-6-8-14(15)10-16(13(5)19)18(17)12(3)4/h6-12H,1-5H3. The van der Waals surface area contributed by atoms with Crippen LogP contribution in [-0.2, 0) is 0 Å². The van der Waals surface area contributed by atoms with E-state index in [2.05, 4.69) is 52.0 Å². The fourth-order valence-electron chi connectivity index (χ4n) is 2.93. The fourth-order valence-corrected chi connectivity index (χ4v) is 2.93. The minimum atomic E-state index is 0.163. The molecular formula is C18H22O. The Morgan fingerprint density at radius 1 is 0.947 bits per heavy atom. The zero-order valence-electron chi connectivity index (χ0n) is 12.4. The van der Waals surface area contributed by atoms with Crippen molar-refractivity contribution in [3.63, 3.8) is 0 Å². The van der Waals surface area contributed by atoms with Crippen molar-refractivity contribution in [3.8, 4) is 0 Å². The van der Waals surface area contributed by atoms with Crippen LogP contribution < -0.4 is 0 Å². The van der Waals surface area contributed by atoms with Gasteiger partial charge in [-0.1, -0.05) is 52.0 Å². The Kier molecular flexibility index (Phi) is 3.75. The molecule has 2 aromatic carbocycles. The number of Topliss-reactive ketones (excluding diaryl/α,β-unsaturated/α-hetero) is 1. The molecule has 0 aliphatic heterocycles. The van der Waals surface area contributed by atoms with Crippen LogP contribution in [0.2, 0.25) is 0 Å². The maximum absolute atomic E-state index is 12.0. The molecule has 0 atom stereocenters. The van der Waals surface area contributed by atoms with Crippen LogP contribution in [0.5, 0.6) is 0 Å². The first-order valence-corrected chi connectivity index (χ1v) is 7.00. The number of carbonyl (C=O) groups excluding carboxylic acids is 1. The van der Waals surface area contributed by atoms with Crippen LogP contribution in [-0.4, -0.2) is 5.78 Å². The van der Waals surface area contributed by atoms with Gasteiger partial charge in [-0.3, -0.25) is 4.79 Å². The fraction of sp³-hybridized carbons (Fsp3) is 0.389. The second-order valence-electron chi connectivity index (χ2n) is 5.84. The van der Waals surface area contributed by atoms with Crippen molar-refractivity contribution in [2.24, 2.45) is 0 Å². The number of hydrogen-bond donors (Lipinski definition) is 0. The molecule has 1 nitrogen and oxygen atoms in total. The van der Waals surface area contributed by atoms with Crippen molar-refractivity contribution >= 4 is 16.6 Å². The van der Waals surface area contributed by atoms with Gasteiger partial charge in [0.05, 0.1) is 0 Å². The molecule has 0 heterocycles. The summed E-state index contributed by atoms with van der Waals surface area (Å²) in [6, 6.07) is 10.4. The lowest BCUT2D eigenvalue weighted by molar-refractivity contribution is 0.101. The lowest BCUT2D eigenvalue weighted by atomic mass is 9.82. The monoisotopic (exact) mass is 254 g/mol. The highest BCUT2D eigenvalue weighted by molar-refractivity contribution is 6.02. The van der Waals surface area contributed by atoms with Crippen LogP contribution in [0.3, 0.4) is 0 Å². The molecule has 2 aromatic rings. The Labute approximate surface area is 115 Å². The highest BCUT2D eigenvalue weighted by Gasteiger charge is 2.20. The second kappa shape index (κ2) is 5.16. The summed E-state index contributed by atoms with van der Waals surface area (Å²) in [6.07, 6.45) is 0. The average molecular weight is 254 g/mol. The van der Waals surface area contributed by atoms with Crippen molar-refractivity contribution in [2.45, 2.75) is 46.5 Å². The van der Waals surface area contributed by atoms with E-state index >= 15 is 0 Å². The molecule has 0 aliphatic rings. The third-order valence-electron chi connectivity index (χ3n) is 3.67. The molecule has 0 radical (unpaired) electrons. The first-order valence-electron chi connectivity index (χ1n) is 7.00. The van der Waals surface area contributed by atoms with E-state index in [1.165, 1.54) is 21.9 Å². The van der Waals surface area contributed by atoms with Crippen LogP contribution in [0.1, 0.15) is 67.9 Å². The van der Waals surface area contributed by atoms with Crippen LogP contribution in [0.4, 0.5) is 0 Å². The Hall–Kier alpha value is -1.63. The SMILES string of the molecule is CC(=O)c1cc2ccccc2c(C(C)C)c1C(C)C. The predicted molar refractivity (Wildman–Crippen MR) is 82.1 cm³/mol. The predicted octanol–water partition coefficient (Wildman–Crippen LogP) is 5.29. The normalized spacial score (nSPS) is 11.5. The van der Waals surface area contributed by atoms with E-state index in [1.807, 2.05) is 6.07 Å². The Bertz CT molecular complexity index is 621. The van der Waals surface area contributed by atoms with E-state index in [-0.39, 0.29) is 5.78 Å². The van der Waals surface area contributed by atoms with Crippen LogP contribution in [0.15, 0.2) is 30.3 Å². The molecule has 1 heteroatoms. The Balaban J connectivity index is 2.96. The van der Waals surface area contributed by atoms with E-state index in [9.17, 15) is 4.79 Å². The van der Waals surface area contributed by atoms with E-state index in [0.29, 0.717) is 11.8 Å². The maximum atomic E-state index is 12.0. The molecule has 0 N–H and O–H groups in total. The highest BCUT2D eigenvalue weighted by Crippen LogP contribution is 2.36. The summed E-state index contributed by atoms with van der Waals surface area (Å²) in [5, 5.41) is 2.45. The van der Waals surface area contributed by atoms with Gasteiger partial charge in [-0.05, 0) is 46.7 Å². The van der Waals surface area contributed by atoms with Gasteiger partial charge in [-0.15, -0.1) is 0 Å². The van der Waals surface area contributed by atoms with E-state index < -0.39 is 0 Å². The molecule has 19 heavy (non-hydrogen) atoms. The maximum Gasteiger partial charge on any atom is 0.160 e. The van der Waals surface area contributed by atoms with Crippen LogP contribution in [0.25, 0.3) is 10.8 Å². The number of fused-ring (bicyclic) bond motifs is 1. The summed E-state index contributed by atoms with van der Waals surface area (Å²) < 4.78 is 0. The van der Waals surface area contributed by atoms with E-state index in [1.54, 1.807) is 6.92 Å². The summed E-state index contributed by atoms with van der Waals surface area (Å²) in [5.74, 6) is 0.943. The number of carbonyl (C=O) groups is 1. The lowest BCUT2D eigenvalue weighted by Gasteiger charge is -2.22. The number of ketones is 1. The van der Waals surface area contributed by atoms with Gasteiger partial charge >= 0.3 is 0 Å². The number of benzene rings is 2. The molecular weight excluding hydrogens is 232 g/mol. The lowest BCUT2D eigenvalue weighted by Crippen LogP contribution is -2.08. The smallest absolute Gasteiger partial charge is 0.160 e. The van der Waals surface area contributed by atoms with Gasteiger partial charge < -0.3 is 0 Å². The Morgan fingerprint density at radius 2 is 1.53 bits per heavy atom. The molecule has 0 amide bonds. The molecule has 0 saturated carbocycles. The molecule has 0 spiro atoms. The highest BCUT2D eigenvalue weighted by atomic mass is 16.1. The van der Waals surface area contributed by atoms with Gasteiger partial charge in [0.1, 0.15) is 0 Å². The molecule has 0 saturated heterocycles. The summed E-state index contributed by atoms with van der Waals surface area (Å²) in [7, 11) is 0.